The van der Waals surface area contributed by atoms with Crippen LogP contribution in [0.5, 0.6) is 5.75 Å². The van der Waals surface area contributed by atoms with E-state index in [0.717, 1.165) is 35.6 Å². The molecule has 0 bridgehead atoms. The molecule has 0 fully saturated rings. The van der Waals surface area contributed by atoms with Crippen molar-refractivity contribution in [2.45, 2.75) is 52.4 Å². The van der Waals surface area contributed by atoms with Crippen LogP contribution >= 0.6 is 0 Å². The Morgan fingerprint density at radius 1 is 1.26 bits per heavy atom. The number of benzene rings is 1. The summed E-state index contributed by atoms with van der Waals surface area (Å²) in [5.41, 5.74) is 2.95. The molecule has 0 aliphatic carbocycles. The van der Waals surface area contributed by atoms with Crippen molar-refractivity contribution in [2.75, 3.05) is 6.61 Å². The lowest BCUT2D eigenvalue weighted by Gasteiger charge is -2.14. The maximum Gasteiger partial charge on any atom is 0.138 e. The SMILES string of the molecule is Cc1noc(C)c1C(C#N)CCCOc1ccccc1C(C)C. The Bertz CT molecular complexity index is 663. The van der Waals surface area contributed by atoms with Gasteiger partial charge in [-0.2, -0.15) is 5.26 Å². The topological polar surface area (TPSA) is 59.0 Å². The minimum Gasteiger partial charge on any atom is -0.493 e. The van der Waals surface area contributed by atoms with Gasteiger partial charge in [0.05, 0.1) is 24.3 Å². The number of hydrogen-bond donors (Lipinski definition) is 0. The lowest BCUT2D eigenvalue weighted by Crippen LogP contribution is -2.05. The standard InChI is InChI=1S/C19H24N2O2/c1-13(2)17-9-5-6-10-18(17)22-11-7-8-16(12-20)19-14(3)21-23-15(19)4/h5-6,9-10,13,16H,7-8,11H2,1-4H3. The molecule has 0 saturated carbocycles. The summed E-state index contributed by atoms with van der Waals surface area (Å²) in [5.74, 6) is 1.92. The molecule has 0 amide bonds. The van der Waals surface area contributed by atoms with Crippen molar-refractivity contribution in [2.24, 2.45) is 0 Å². The number of aromatic nitrogens is 1. The molecule has 2 aromatic rings. The van der Waals surface area contributed by atoms with Gasteiger partial charge in [0.1, 0.15) is 11.5 Å². The molecule has 0 aliphatic rings. The molecule has 1 atom stereocenters. The number of para-hydroxylation sites is 1. The number of hydrogen-bond acceptors (Lipinski definition) is 4. The lowest BCUT2D eigenvalue weighted by atomic mass is 9.94. The van der Waals surface area contributed by atoms with Crippen molar-refractivity contribution in [1.29, 1.82) is 5.26 Å². The molecule has 4 heteroatoms. The molecule has 1 heterocycles. The largest absolute Gasteiger partial charge is 0.493 e. The fourth-order valence-electron chi connectivity index (χ4n) is 2.82. The third kappa shape index (κ3) is 4.13. The highest BCUT2D eigenvalue weighted by atomic mass is 16.5. The maximum atomic E-state index is 9.42. The fourth-order valence-corrected chi connectivity index (χ4v) is 2.82. The van der Waals surface area contributed by atoms with E-state index in [1.165, 1.54) is 5.56 Å². The Labute approximate surface area is 138 Å². The number of nitriles is 1. The molecule has 0 saturated heterocycles. The highest BCUT2D eigenvalue weighted by molar-refractivity contribution is 5.35. The van der Waals surface area contributed by atoms with Gasteiger partial charge in [-0.1, -0.05) is 37.2 Å². The molecule has 2 rings (SSSR count). The van der Waals surface area contributed by atoms with E-state index in [1.807, 2.05) is 32.0 Å². The van der Waals surface area contributed by atoms with Crippen LogP contribution in [0, 0.1) is 25.2 Å². The van der Waals surface area contributed by atoms with E-state index >= 15 is 0 Å². The Hall–Kier alpha value is -2.28. The molecular weight excluding hydrogens is 288 g/mol. The summed E-state index contributed by atoms with van der Waals surface area (Å²) in [6.45, 7) is 8.66. The molecule has 0 spiro atoms. The third-order valence-electron chi connectivity index (χ3n) is 4.03. The van der Waals surface area contributed by atoms with Gasteiger partial charge in [-0.05, 0) is 44.2 Å². The second-order valence-electron chi connectivity index (χ2n) is 6.10. The second-order valence-corrected chi connectivity index (χ2v) is 6.10. The first-order valence-corrected chi connectivity index (χ1v) is 8.08. The quantitative estimate of drug-likeness (QED) is 0.684. The van der Waals surface area contributed by atoms with Crippen LogP contribution in [-0.4, -0.2) is 11.8 Å². The monoisotopic (exact) mass is 312 g/mol. The van der Waals surface area contributed by atoms with Crippen LogP contribution in [0.25, 0.3) is 0 Å². The van der Waals surface area contributed by atoms with Crippen molar-refractivity contribution in [3.05, 3.63) is 46.8 Å². The van der Waals surface area contributed by atoms with E-state index in [0.29, 0.717) is 12.5 Å². The van der Waals surface area contributed by atoms with Gasteiger partial charge in [0, 0.05) is 5.56 Å². The molecular formula is C19H24N2O2. The van der Waals surface area contributed by atoms with Crippen LogP contribution < -0.4 is 4.74 Å². The van der Waals surface area contributed by atoms with E-state index in [9.17, 15) is 5.26 Å². The molecule has 1 aromatic carbocycles. The van der Waals surface area contributed by atoms with Gasteiger partial charge in [0.2, 0.25) is 0 Å². The first-order chi connectivity index (χ1) is 11.0. The normalized spacial score (nSPS) is 12.2. The zero-order chi connectivity index (χ0) is 16.8. The summed E-state index contributed by atoms with van der Waals surface area (Å²) in [7, 11) is 0. The molecule has 1 unspecified atom stereocenters. The molecule has 4 nitrogen and oxygen atoms in total. The van der Waals surface area contributed by atoms with E-state index in [4.69, 9.17) is 9.26 Å². The van der Waals surface area contributed by atoms with Crippen molar-refractivity contribution < 1.29 is 9.26 Å². The fraction of sp³-hybridized carbons (Fsp3) is 0.474. The summed E-state index contributed by atoms with van der Waals surface area (Å²) in [6.07, 6.45) is 1.55. The molecule has 1 aromatic heterocycles. The van der Waals surface area contributed by atoms with Gasteiger partial charge in [-0.3, -0.25) is 0 Å². The number of nitrogens with zero attached hydrogens (tertiary/aromatic N) is 2. The van der Waals surface area contributed by atoms with E-state index < -0.39 is 0 Å². The van der Waals surface area contributed by atoms with E-state index in [2.05, 4.69) is 31.1 Å². The smallest absolute Gasteiger partial charge is 0.138 e. The molecule has 23 heavy (non-hydrogen) atoms. The molecule has 0 radical (unpaired) electrons. The summed E-state index contributed by atoms with van der Waals surface area (Å²) < 4.78 is 11.1. The Morgan fingerprint density at radius 2 is 2.00 bits per heavy atom. The van der Waals surface area contributed by atoms with Crippen molar-refractivity contribution >= 4 is 0 Å². The molecule has 0 aliphatic heterocycles. The van der Waals surface area contributed by atoms with Gasteiger partial charge in [-0.25, -0.2) is 0 Å². The number of rotatable bonds is 7. The van der Waals surface area contributed by atoms with E-state index in [1.54, 1.807) is 0 Å². The first kappa shape index (κ1) is 17.1. The first-order valence-electron chi connectivity index (χ1n) is 8.08. The van der Waals surface area contributed by atoms with Gasteiger partial charge in [0.25, 0.3) is 0 Å². The van der Waals surface area contributed by atoms with Crippen LogP contribution in [0.3, 0.4) is 0 Å². The van der Waals surface area contributed by atoms with Crippen LogP contribution in [-0.2, 0) is 0 Å². The maximum absolute atomic E-state index is 9.42. The summed E-state index contributed by atoms with van der Waals surface area (Å²) in [4.78, 5) is 0. The lowest BCUT2D eigenvalue weighted by molar-refractivity contribution is 0.300. The molecule has 122 valence electrons. The summed E-state index contributed by atoms with van der Waals surface area (Å²) >= 11 is 0. The van der Waals surface area contributed by atoms with Crippen LogP contribution in [0.1, 0.15) is 61.1 Å². The second kappa shape index (κ2) is 7.82. The predicted octanol–water partition coefficient (Wildman–Crippen LogP) is 4.88. The molecule has 0 N–H and O–H groups in total. The number of ether oxygens (including phenoxy) is 1. The minimum atomic E-state index is -0.190. The zero-order valence-corrected chi connectivity index (χ0v) is 14.3. The average Bonchev–Trinajstić information content (AvgIpc) is 2.87. The average molecular weight is 312 g/mol. The van der Waals surface area contributed by atoms with Crippen LogP contribution in [0.15, 0.2) is 28.8 Å². The van der Waals surface area contributed by atoms with Crippen molar-refractivity contribution in [3.8, 4) is 11.8 Å². The van der Waals surface area contributed by atoms with Gasteiger partial charge in [-0.15, -0.1) is 0 Å². The predicted molar refractivity (Wildman–Crippen MR) is 89.6 cm³/mol. The van der Waals surface area contributed by atoms with Crippen molar-refractivity contribution in [3.63, 3.8) is 0 Å². The minimum absolute atomic E-state index is 0.190. The highest BCUT2D eigenvalue weighted by Gasteiger charge is 2.20. The zero-order valence-electron chi connectivity index (χ0n) is 14.3. The van der Waals surface area contributed by atoms with E-state index in [-0.39, 0.29) is 5.92 Å². The van der Waals surface area contributed by atoms with Gasteiger partial charge in [0.15, 0.2) is 0 Å². The van der Waals surface area contributed by atoms with Gasteiger partial charge < -0.3 is 9.26 Å². The van der Waals surface area contributed by atoms with Crippen molar-refractivity contribution in [1.82, 2.24) is 5.16 Å². The highest BCUT2D eigenvalue weighted by Crippen LogP contribution is 2.28. The number of aryl methyl sites for hydroxylation is 2. The van der Waals surface area contributed by atoms with Crippen LogP contribution in [0.4, 0.5) is 0 Å². The Balaban J connectivity index is 1.92. The van der Waals surface area contributed by atoms with Crippen LogP contribution in [0.2, 0.25) is 0 Å². The summed E-state index contributed by atoms with van der Waals surface area (Å²) in [6, 6.07) is 10.5. The van der Waals surface area contributed by atoms with Gasteiger partial charge >= 0.3 is 0 Å². The summed E-state index contributed by atoms with van der Waals surface area (Å²) in [5, 5.41) is 13.4. The Morgan fingerprint density at radius 3 is 2.61 bits per heavy atom. The Kier molecular flexibility index (Phi) is 5.81. The third-order valence-corrected chi connectivity index (χ3v) is 4.03.